The first-order valence-corrected chi connectivity index (χ1v) is 7.88. The van der Waals surface area contributed by atoms with E-state index in [9.17, 15) is 9.59 Å². The first-order chi connectivity index (χ1) is 11.2. The largest absolute Gasteiger partial charge is 0.325 e. The standard InChI is InChI=1S/C16H15N5O2/c22-15-12(7-17-16(23)19-15)13-6-11(10-5-9(10)8-1-2-8)14-3-4-18-21(14)20-13/h3-4,6-10H,1-2,5H2,(H2,17,19,22,23). The van der Waals surface area contributed by atoms with Crippen molar-refractivity contribution in [2.75, 3.05) is 0 Å². The lowest BCUT2D eigenvalue weighted by atomic mass is 10.1. The molecular formula is C16H15N5O2. The smallest absolute Gasteiger partial charge is 0.313 e. The molecule has 0 spiro atoms. The van der Waals surface area contributed by atoms with Crippen molar-refractivity contribution in [3.8, 4) is 11.3 Å². The first-order valence-electron chi connectivity index (χ1n) is 7.88. The summed E-state index contributed by atoms with van der Waals surface area (Å²) in [6.07, 6.45) is 7.02. The molecule has 3 aromatic heterocycles. The van der Waals surface area contributed by atoms with Crippen LogP contribution >= 0.6 is 0 Å². The summed E-state index contributed by atoms with van der Waals surface area (Å²) in [5, 5.41) is 8.65. The van der Waals surface area contributed by atoms with Gasteiger partial charge >= 0.3 is 5.69 Å². The number of fused-ring (bicyclic) bond motifs is 1. The highest BCUT2D eigenvalue weighted by Gasteiger charge is 2.48. The maximum atomic E-state index is 12.0. The Labute approximate surface area is 130 Å². The molecule has 3 aromatic rings. The highest BCUT2D eigenvalue weighted by molar-refractivity contribution is 5.65. The van der Waals surface area contributed by atoms with Crippen LogP contribution in [0.5, 0.6) is 0 Å². The van der Waals surface area contributed by atoms with Gasteiger partial charge in [-0.15, -0.1) is 5.10 Å². The van der Waals surface area contributed by atoms with Crippen LogP contribution in [0.1, 0.15) is 30.7 Å². The van der Waals surface area contributed by atoms with Crippen LogP contribution in [0.25, 0.3) is 16.8 Å². The molecule has 2 N–H and O–H groups in total. The Morgan fingerprint density at radius 2 is 2.13 bits per heavy atom. The second kappa shape index (κ2) is 4.41. The van der Waals surface area contributed by atoms with E-state index in [1.165, 1.54) is 31.0 Å². The molecule has 3 heterocycles. The Morgan fingerprint density at radius 1 is 1.26 bits per heavy atom. The minimum Gasteiger partial charge on any atom is -0.313 e. The number of rotatable bonds is 3. The fourth-order valence-corrected chi connectivity index (χ4v) is 3.59. The summed E-state index contributed by atoms with van der Waals surface area (Å²) in [4.78, 5) is 28.0. The summed E-state index contributed by atoms with van der Waals surface area (Å²) in [6, 6.07) is 3.94. The van der Waals surface area contributed by atoms with E-state index >= 15 is 0 Å². The van der Waals surface area contributed by atoms with Crippen LogP contribution in [0.4, 0.5) is 0 Å². The topological polar surface area (TPSA) is 95.9 Å². The molecule has 0 aliphatic heterocycles. The van der Waals surface area contributed by atoms with Gasteiger partial charge in [0.25, 0.3) is 5.56 Å². The molecule has 116 valence electrons. The van der Waals surface area contributed by atoms with Crippen molar-refractivity contribution in [2.24, 2.45) is 11.8 Å². The van der Waals surface area contributed by atoms with Gasteiger partial charge in [-0.3, -0.25) is 9.78 Å². The van der Waals surface area contributed by atoms with E-state index < -0.39 is 11.2 Å². The van der Waals surface area contributed by atoms with Crippen LogP contribution in [0.15, 0.2) is 34.1 Å². The molecule has 2 unspecified atom stereocenters. The number of nitrogens with zero attached hydrogens (tertiary/aromatic N) is 3. The third-order valence-corrected chi connectivity index (χ3v) is 4.98. The van der Waals surface area contributed by atoms with Crippen LogP contribution in [0, 0.1) is 11.8 Å². The molecule has 7 nitrogen and oxygen atoms in total. The SMILES string of the molecule is O=c1[nH]cc(-c2cc(C3CC3C3CC3)c3ccnn3n2)c(=O)[nH]1. The zero-order chi connectivity index (χ0) is 15.6. The van der Waals surface area contributed by atoms with Crippen LogP contribution in [0.2, 0.25) is 0 Å². The Balaban J connectivity index is 1.67. The summed E-state index contributed by atoms with van der Waals surface area (Å²) >= 11 is 0. The van der Waals surface area contributed by atoms with Gasteiger partial charge in [0.15, 0.2) is 0 Å². The minimum atomic E-state index is -0.518. The maximum Gasteiger partial charge on any atom is 0.325 e. The lowest BCUT2D eigenvalue weighted by Crippen LogP contribution is -2.23. The van der Waals surface area contributed by atoms with Crippen molar-refractivity contribution in [3.05, 3.63) is 50.9 Å². The van der Waals surface area contributed by atoms with Gasteiger partial charge in [0.1, 0.15) is 5.69 Å². The molecular weight excluding hydrogens is 294 g/mol. The quantitative estimate of drug-likeness (QED) is 0.762. The van der Waals surface area contributed by atoms with E-state index in [-0.39, 0.29) is 0 Å². The molecule has 5 rings (SSSR count). The summed E-state index contributed by atoms with van der Waals surface area (Å²) in [5.41, 5.74) is 2.14. The Bertz CT molecular complexity index is 1030. The van der Waals surface area contributed by atoms with E-state index in [4.69, 9.17) is 0 Å². The van der Waals surface area contributed by atoms with Gasteiger partial charge < -0.3 is 4.98 Å². The third-order valence-electron chi connectivity index (χ3n) is 4.98. The Morgan fingerprint density at radius 3 is 2.91 bits per heavy atom. The summed E-state index contributed by atoms with van der Waals surface area (Å²) < 4.78 is 1.58. The lowest BCUT2D eigenvalue weighted by molar-refractivity contribution is 0.688. The van der Waals surface area contributed by atoms with Crippen molar-refractivity contribution in [3.63, 3.8) is 0 Å². The van der Waals surface area contributed by atoms with E-state index in [2.05, 4.69) is 20.2 Å². The van der Waals surface area contributed by atoms with Gasteiger partial charge in [0.05, 0.1) is 17.3 Å². The monoisotopic (exact) mass is 309 g/mol. The van der Waals surface area contributed by atoms with Crippen molar-refractivity contribution < 1.29 is 0 Å². The van der Waals surface area contributed by atoms with E-state index in [1.807, 2.05) is 12.1 Å². The second-order valence-corrected chi connectivity index (χ2v) is 6.52. The predicted octanol–water partition coefficient (Wildman–Crippen LogP) is 1.29. The van der Waals surface area contributed by atoms with Gasteiger partial charge in [-0.05, 0) is 54.7 Å². The fourth-order valence-electron chi connectivity index (χ4n) is 3.59. The Kier molecular flexibility index (Phi) is 2.45. The number of hydrogen-bond donors (Lipinski definition) is 2. The van der Waals surface area contributed by atoms with Gasteiger partial charge in [-0.1, -0.05) is 0 Å². The molecule has 2 atom stereocenters. The van der Waals surface area contributed by atoms with Gasteiger partial charge in [-0.2, -0.15) is 9.73 Å². The summed E-state index contributed by atoms with van der Waals surface area (Å²) in [5.74, 6) is 2.17. The number of aromatic nitrogens is 5. The van der Waals surface area contributed by atoms with Crippen molar-refractivity contribution in [1.29, 1.82) is 0 Å². The summed E-state index contributed by atoms with van der Waals surface area (Å²) in [6.45, 7) is 0. The average molecular weight is 309 g/mol. The lowest BCUT2D eigenvalue weighted by Gasteiger charge is -2.07. The normalized spacial score (nSPS) is 23.3. The number of nitrogens with one attached hydrogen (secondary N) is 2. The minimum absolute atomic E-state index is 0.354. The molecule has 2 saturated carbocycles. The molecule has 7 heteroatoms. The van der Waals surface area contributed by atoms with Crippen LogP contribution in [-0.2, 0) is 0 Å². The van der Waals surface area contributed by atoms with Gasteiger partial charge in [0, 0.05) is 6.20 Å². The van der Waals surface area contributed by atoms with Crippen molar-refractivity contribution in [2.45, 2.75) is 25.2 Å². The highest BCUT2D eigenvalue weighted by atomic mass is 16.2. The van der Waals surface area contributed by atoms with E-state index in [0.717, 1.165) is 17.4 Å². The average Bonchev–Trinajstić information content (AvgIpc) is 3.42. The van der Waals surface area contributed by atoms with Gasteiger partial charge in [-0.25, -0.2) is 4.79 Å². The Hall–Kier alpha value is -2.70. The maximum absolute atomic E-state index is 12.0. The van der Waals surface area contributed by atoms with Crippen molar-refractivity contribution >= 4 is 5.52 Å². The first kappa shape index (κ1) is 12.8. The molecule has 0 radical (unpaired) electrons. The second-order valence-electron chi connectivity index (χ2n) is 6.52. The number of aromatic amines is 2. The van der Waals surface area contributed by atoms with Crippen molar-refractivity contribution in [1.82, 2.24) is 24.8 Å². The van der Waals surface area contributed by atoms with Crippen LogP contribution < -0.4 is 11.2 Å². The number of hydrogen-bond acceptors (Lipinski definition) is 4. The number of H-pyrrole nitrogens is 2. The highest BCUT2D eigenvalue weighted by Crippen LogP contribution is 2.59. The predicted molar refractivity (Wildman–Crippen MR) is 83.2 cm³/mol. The molecule has 0 aromatic carbocycles. The molecule has 2 fully saturated rings. The van der Waals surface area contributed by atoms with E-state index in [0.29, 0.717) is 17.2 Å². The zero-order valence-electron chi connectivity index (χ0n) is 12.3. The third kappa shape index (κ3) is 2.03. The summed E-state index contributed by atoms with van der Waals surface area (Å²) in [7, 11) is 0. The van der Waals surface area contributed by atoms with Crippen LogP contribution in [-0.4, -0.2) is 24.8 Å². The zero-order valence-corrected chi connectivity index (χ0v) is 12.3. The molecule has 23 heavy (non-hydrogen) atoms. The molecule has 0 saturated heterocycles. The van der Waals surface area contributed by atoms with E-state index in [1.54, 1.807) is 10.8 Å². The molecule has 0 amide bonds. The fraction of sp³-hybridized carbons (Fsp3) is 0.375. The molecule has 2 aliphatic carbocycles. The van der Waals surface area contributed by atoms with Gasteiger partial charge in [0.2, 0.25) is 0 Å². The molecule has 2 aliphatic rings. The molecule has 0 bridgehead atoms. The van der Waals surface area contributed by atoms with Crippen LogP contribution in [0.3, 0.4) is 0 Å².